The van der Waals surface area contributed by atoms with Gasteiger partial charge in [0, 0.05) is 12.6 Å². The Morgan fingerprint density at radius 3 is 2.32 bits per heavy atom. The number of aryl methyl sites for hydroxylation is 1. The summed E-state index contributed by atoms with van der Waals surface area (Å²) in [6.45, 7) is 2.66. The van der Waals surface area contributed by atoms with Gasteiger partial charge in [-0.3, -0.25) is 14.9 Å². The van der Waals surface area contributed by atoms with E-state index >= 15 is 0 Å². The van der Waals surface area contributed by atoms with E-state index in [1.165, 1.54) is 43.3 Å². The number of nitrogens with zero attached hydrogens (tertiary/aromatic N) is 2. The number of halogens is 2. The van der Waals surface area contributed by atoms with Crippen molar-refractivity contribution in [3.63, 3.8) is 0 Å². The van der Waals surface area contributed by atoms with Gasteiger partial charge >= 0.3 is 0 Å². The number of nitro groups is 1. The molecule has 0 unspecified atom stereocenters. The monoisotopic (exact) mass is 521 g/mol. The van der Waals surface area contributed by atoms with E-state index in [1.54, 1.807) is 24.3 Å². The predicted molar refractivity (Wildman–Crippen MR) is 132 cm³/mol. The largest absolute Gasteiger partial charge is 0.324 e. The van der Waals surface area contributed by atoms with E-state index in [0.717, 1.165) is 9.87 Å². The number of carbonyl (C=O) groups is 1. The molecule has 0 heterocycles. The molecule has 0 spiro atoms. The van der Waals surface area contributed by atoms with Crippen molar-refractivity contribution in [1.82, 2.24) is 4.31 Å². The average Bonchev–Trinajstić information content (AvgIpc) is 2.77. The first-order valence-corrected chi connectivity index (χ1v) is 12.2. The van der Waals surface area contributed by atoms with Crippen LogP contribution in [0.25, 0.3) is 0 Å². The molecule has 1 amide bonds. The van der Waals surface area contributed by atoms with E-state index in [2.05, 4.69) is 5.32 Å². The van der Waals surface area contributed by atoms with Crippen LogP contribution in [-0.2, 0) is 21.4 Å². The number of rotatable bonds is 8. The molecule has 0 radical (unpaired) electrons. The van der Waals surface area contributed by atoms with E-state index in [4.69, 9.17) is 23.2 Å². The first-order valence-electron chi connectivity index (χ1n) is 10.0. The fourth-order valence-corrected chi connectivity index (χ4v) is 4.94. The third kappa shape index (κ3) is 5.92. The topological polar surface area (TPSA) is 110 Å². The van der Waals surface area contributed by atoms with E-state index in [1.807, 2.05) is 6.92 Å². The minimum absolute atomic E-state index is 0.0255. The summed E-state index contributed by atoms with van der Waals surface area (Å²) in [5, 5.41) is 14.3. The zero-order valence-electron chi connectivity index (χ0n) is 18.3. The number of nitrogens with one attached hydrogen (secondary N) is 1. The SMILES string of the molecule is Cc1ccc(S(=O)(=O)N(CC(=O)Nc2cccc([N+](=O)[O-])c2C)Cc2ccc(Cl)c(Cl)c2)cc1. The van der Waals surface area contributed by atoms with Gasteiger partial charge in [0.2, 0.25) is 15.9 Å². The lowest BCUT2D eigenvalue weighted by Crippen LogP contribution is -2.37. The van der Waals surface area contributed by atoms with Gasteiger partial charge in [-0.25, -0.2) is 8.42 Å². The van der Waals surface area contributed by atoms with Crippen molar-refractivity contribution in [3.8, 4) is 0 Å². The highest BCUT2D eigenvalue weighted by molar-refractivity contribution is 7.89. The summed E-state index contributed by atoms with van der Waals surface area (Å²) in [5.41, 5.74) is 1.75. The Kier molecular flexibility index (Phi) is 7.93. The Morgan fingerprint density at radius 2 is 1.71 bits per heavy atom. The summed E-state index contributed by atoms with van der Waals surface area (Å²) >= 11 is 12.0. The lowest BCUT2D eigenvalue weighted by Gasteiger charge is -2.22. The molecule has 0 atom stereocenters. The molecule has 1 N–H and O–H groups in total. The maximum Gasteiger partial charge on any atom is 0.274 e. The van der Waals surface area contributed by atoms with Gasteiger partial charge in [-0.05, 0) is 49.7 Å². The smallest absolute Gasteiger partial charge is 0.274 e. The van der Waals surface area contributed by atoms with Crippen LogP contribution in [0.1, 0.15) is 16.7 Å². The van der Waals surface area contributed by atoms with Crippen LogP contribution in [0, 0.1) is 24.0 Å². The molecule has 34 heavy (non-hydrogen) atoms. The zero-order valence-corrected chi connectivity index (χ0v) is 20.6. The lowest BCUT2D eigenvalue weighted by atomic mass is 10.1. The Balaban J connectivity index is 1.92. The van der Waals surface area contributed by atoms with Crippen molar-refractivity contribution < 1.29 is 18.1 Å². The summed E-state index contributed by atoms with van der Waals surface area (Å²) in [6, 6.07) is 15.2. The third-order valence-corrected chi connectivity index (χ3v) is 7.64. The van der Waals surface area contributed by atoms with Gasteiger partial charge in [-0.1, -0.05) is 53.0 Å². The van der Waals surface area contributed by atoms with Crippen molar-refractivity contribution in [1.29, 1.82) is 0 Å². The molecule has 0 saturated heterocycles. The van der Waals surface area contributed by atoms with Gasteiger partial charge in [-0.2, -0.15) is 4.31 Å². The summed E-state index contributed by atoms with van der Waals surface area (Å²) in [7, 11) is -4.07. The molecular weight excluding hydrogens is 501 g/mol. The van der Waals surface area contributed by atoms with Gasteiger partial charge in [-0.15, -0.1) is 0 Å². The molecule has 0 saturated carbocycles. The molecule has 3 aromatic carbocycles. The Labute approximate surface area is 207 Å². The summed E-state index contributed by atoms with van der Waals surface area (Å²) in [6.07, 6.45) is 0. The maximum absolute atomic E-state index is 13.4. The molecule has 0 aromatic heterocycles. The first kappa shape index (κ1) is 25.6. The van der Waals surface area contributed by atoms with Gasteiger partial charge in [0.1, 0.15) is 0 Å². The average molecular weight is 522 g/mol. The highest BCUT2D eigenvalue weighted by Crippen LogP contribution is 2.27. The molecule has 178 valence electrons. The van der Waals surface area contributed by atoms with Crippen LogP contribution in [0.3, 0.4) is 0 Å². The zero-order chi connectivity index (χ0) is 25.0. The summed E-state index contributed by atoms with van der Waals surface area (Å²) in [5.74, 6) is -0.653. The Bertz CT molecular complexity index is 1350. The standard InChI is InChI=1S/C23H21Cl2N3O5S/c1-15-6-9-18(10-7-15)34(32,33)27(13-17-8-11-19(24)20(25)12-17)14-23(29)26-21-4-3-5-22(16(21)2)28(30)31/h3-12H,13-14H2,1-2H3,(H,26,29). The molecule has 0 aliphatic carbocycles. The second kappa shape index (κ2) is 10.5. The van der Waals surface area contributed by atoms with Crippen LogP contribution >= 0.6 is 23.2 Å². The van der Waals surface area contributed by atoms with E-state index in [-0.39, 0.29) is 33.4 Å². The number of carbonyl (C=O) groups excluding carboxylic acids is 1. The third-order valence-electron chi connectivity index (χ3n) is 5.10. The molecule has 0 aliphatic heterocycles. The minimum Gasteiger partial charge on any atom is -0.324 e. The number of sulfonamides is 1. The lowest BCUT2D eigenvalue weighted by molar-refractivity contribution is -0.385. The molecule has 0 fully saturated rings. The van der Waals surface area contributed by atoms with Crippen LogP contribution < -0.4 is 5.32 Å². The van der Waals surface area contributed by atoms with Crippen LogP contribution in [0.4, 0.5) is 11.4 Å². The van der Waals surface area contributed by atoms with Crippen LogP contribution in [-0.4, -0.2) is 30.1 Å². The Hall–Kier alpha value is -2.98. The second-order valence-corrected chi connectivity index (χ2v) is 10.3. The number of amides is 1. The van der Waals surface area contributed by atoms with Crippen molar-refractivity contribution in [2.75, 3.05) is 11.9 Å². The summed E-state index contributed by atoms with van der Waals surface area (Å²) < 4.78 is 27.8. The summed E-state index contributed by atoms with van der Waals surface area (Å²) in [4.78, 5) is 23.5. The molecule has 0 aliphatic rings. The number of benzene rings is 3. The van der Waals surface area contributed by atoms with Crippen molar-refractivity contribution >= 4 is 50.5 Å². The highest BCUT2D eigenvalue weighted by atomic mass is 35.5. The van der Waals surface area contributed by atoms with E-state index < -0.39 is 27.4 Å². The van der Waals surface area contributed by atoms with Crippen LogP contribution in [0.5, 0.6) is 0 Å². The number of nitro benzene ring substituents is 1. The number of hydrogen-bond acceptors (Lipinski definition) is 5. The molecule has 11 heteroatoms. The van der Waals surface area contributed by atoms with Gasteiger partial charge < -0.3 is 5.32 Å². The minimum atomic E-state index is -4.07. The molecule has 3 rings (SSSR count). The van der Waals surface area contributed by atoms with Gasteiger partial charge in [0.05, 0.1) is 37.7 Å². The Morgan fingerprint density at radius 1 is 1.03 bits per heavy atom. The molecular formula is C23H21Cl2N3O5S. The normalized spacial score (nSPS) is 11.4. The second-order valence-electron chi connectivity index (χ2n) is 7.59. The molecule has 8 nitrogen and oxygen atoms in total. The number of anilines is 1. The molecule has 3 aromatic rings. The first-order chi connectivity index (χ1) is 16.0. The van der Waals surface area contributed by atoms with E-state index in [0.29, 0.717) is 10.6 Å². The fourth-order valence-electron chi connectivity index (χ4n) is 3.23. The fraction of sp³-hybridized carbons (Fsp3) is 0.174. The predicted octanol–water partition coefficient (Wildman–Crippen LogP) is 5.35. The van der Waals surface area contributed by atoms with Crippen molar-refractivity contribution in [2.24, 2.45) is 0 Å². The molecule has 0 bridgehead atoms. The quantitative estimate of drug-likeness (QED) is 0.317. The number of hydrogen-bond donors (Lipinski definition) is 1. The van der Waals surface area contributed by atoms with Gasteiger partial charge in [0.25, 0.3) is 5.69 Å². The van der Waals surface area contributed by atoms with Crippen molar-refractivity contribution in [3.05, 3.63) is 97.5 Å². The van der Waals surface area contributed by atoms with Crippen LogP contribution in [0.2, 0.25) is 10.0 Å². The maximum atomic E-state index is 13.4. The van der Waals surface area contributed by atoms with Crippen LogP contribution in [0.15, 0.2) is 65.6 Å². The highest BCUT2D eigenvalue weighted by Gasteiger charge is 2.27. The van der Waals surface area contributed by atoms with Crippen molar-refractivity contribution in [2.45, 2.75) is 25.3 Å². The van der Waals surface area contributed by atoms with Gasteiger partial charge in [0.15, 0.2) is 0 Å². The van der Waals surface area contributed by atoms with E-state index in [9.17, 15) is 23.3 Å².